The lowest BCUT2D eigenvalue weighted by Gasteiger charge is -2.38. The molecule has 1 atom stereocenters. The van der Waals surface area contributed by atoms with Crippen LogP contribution in [0.15, 0.2) is 53.4 Å². The Hall–Kier alpha value is -1.93. The first-order valence-electron chi connectivity index (χ1n) is 9.49. The highest BCUT2D eigenvalue weighted by Crippen LogP contribution is 2.33. The molecule has 28 heavy (non-hydrogen) atoms. The van der Waals surface area contributed by atoms with Gasteiger partial charge in [-0.25, -0.2) is 8.42 Å². The molecule has 2 fully saturated rings. The molecule has 0 N–H and O–H groups in total. The summed E-state index contributed by atoms with van der Waals surface area (Å²) in [5, 5.41) is 0. The molecule has 7 heteroatoms. The summed E-state index contributed by atoms with van der Waals surface area (Å²) in [5.41, 5.74) is 1.57. The predicted octanol–water partition coefficient (Wildman–Crippen LogP) is 2.46. The fourth-order valence-corrected chi connectivity index (χ4v) is 5.58. The molecule has 1 spiro atoms. The van der Waals surface area contributed by atoms with E-state index in [9.17, 15) is 8.42 Å². The van der Waals surface area contributed by atoms with Crippen LogP contribution in [-0.4, -0.2) is 70.2 Å². The van der Waals surface area contributed by atoms with Gasteiger partial charge in [-0.2, -0.15) is 4.31 Å². The van der Waals surface area contributed by atoms with Gasteiger partial charge in [0.05, 0.1) is 24.2 Å². The number of nitrogens with zero attached hydrogens (tertiary/aromatic N) is 2. The molecule has 2 aliphatic rings. The van der Waals surface area contributed by atoms with Crippen LogP contribution in [0.5, 0.6) is 5.75 Å². The van der Waals surface area contributed by atoms with E-state index < -0.39 is 10.0 Å². The molecule has 2 saturated heterocycles. The summed E-state index contributed by atoms with van der Waals surface area (Å²) >= 11 is 0. The maximum Gasteiger partial charge on any atom is 0.243 e. The van der Waals surface area contributed by atoms with Crippen molar-refractivity contribution < 1.29 is 17.9 Å². The Morgan fingerprint density at radius 2 is 1.82 bits per heavy atom. The normalized spacial score (nSPS) is 23.9. The largest absolute Gasteiger partial charge is 0.497 e. The number of likely N-dealkylation sites (N-methyl/N-ethyl adjacent to an activating group) is 1. The van der Waals surface area contributed by atoms with Crippen LogP contribution in [0.4, 0.5) is 0 Å². The molecular weight excluding hydrogens is 376 g/mol. The van der Waals surface area contributed by atoms with E-state index in [0.29, 0.717) is 24.6 Å². The lowest BCUT2D eigenvalue weighted by atomic mass is 10.0. The van der Waals surface area contributed by atoms with Crippen molar-refractivity contribution in [1.29, 1.82) is 0 Å². The minimum Gasteiger partial charge on any atom is -0.497 e. The van der Waals surface area contributed by atoms with Gasteiger partial charge in [-0.05, 0) is 48.9 Å². The maximum absolute atomic E-state index is 13.1. The van der Waals surface area contributed by atoms with E-state index in [4.69, 9.17) is 9.47 Å². The van der Waals surface area contributed by atoms with Crippen LogP contribution < -0.4 is 4.74 Å². The van der Waals surface area contributed by atoms with E-state index in [2.05, 4.69) is 11.9 Å². The van der Waals surface area contributed by atoms with Crippen LogP contribution >= 0.6 is 0 Å². The van der Waals surface area contributed by atoms with Gasteiger partial charge in [-0.1, -0.05) is 24.3 Å². The van der Waals surface area contributed by atoms with Gasteiger partial charge in [-0.3, -0.25) is 0 Å². The predicted molar refractivity (Wildman–Crippen MR) is 108 cm³/mol. The monoisotopic (exact) mass is 402 g/mol. The number of methoxy groups -OCH3 is 1. The molecule has 0 aliphatic carbocycles. The van der Waals surface area contributed by atoms with Gasteiger partial charge in [-0.15, -0.1) is 0 Å². The Labute approximate surface area is 166 Å². The van der Waals surface area contributed by atoms with Gasteiger partial charge in [0.1, 0.15) is 5.75 Å². The van der Waals surface area contributed by atoms with Crippen LogP contribution in [-0.2, 0) is 14.8 Å². The van der Waals surface area contributed by atoms with Crippen LogP contribution in [0.2, 0.25) is 0 Å². The van der Waals surface area contributed by atoms with Gasteiger partial charge < -0.3 is 14.4 Å². The number of rotatable bonds is 4. The highest BCUT2D eigenvalue weighted by Gasteiger charge is 2.45. The standard InChI is InChI=1S/C21H26N2O4S/c1-22-12-13-27-21(15-22)10-11-23(16-21)28(24,25)20-8-6-17(7-9-20)18-4-3-5-19(14-18)26-2/h3-9,14H,10-13,15-16H2,1-2H3. The second-order valence-electron chi connectivity index (χ2n) is 7.61. The Kier molecular flexibility index (Phi) is 5.18. The Bertz CT molecular complexity index is 945. The van der Waals surface area contributed by atoms with Gasteiger partial charge in [0.2, 0.25) is 10.0 Å². The smallest absolute Gasteiger partial charge is 0.243 e. The molecular formula is C21H26N2O4S. The maximum atomic E-state index is 13.1. The Morgan fingerprint density at radius 3 is 2.54 bits per heavy atom. The first-order valence-corrected chi connectivity index (χ1v) is 10.9. The average Bonchev–Trinajstić information content (AvgIpc) is 3.12. The van der Waals surface area contributed by atoms with Crippen LogP contribution in [0.3, 0.4) is 0 Å². The number of benzene rings is 2. The van der Waals surface area contributed by atoms with E-state index in [0.717, 1.165) is 36.4 Å². The van der Waals surface area contributed by atoms with Crippen molar-refractivity contribution in [3.63, 3.8) is 0 Å². The minimum absolute atomic E-state index is 0.320. The zero-order valence-electron chi connectivity index (χ0n) is 16.3. The Balaban J connectivity index is 1.53. The Morgan fingerprint density at radius 1 is 1.04 bits per heavy atom. The summed E-state index contributed by atoms with van der Waals surface area (Å²) in [6.45, 7) is 3.22. The van der Waals surface area contributed by atoms with Crippen LogP contribution in [0.1, 0.15) is 6.42 Å². The van der Waals surface area contributed by atoms with E-state index in [1.807, 2.05) is 36.4 Å². The topological polar surface area (TPSA) is 59.1 Å². The van der Waals surface area contributed by atoms with Crippen molar-refractivity contribution in [1.82, 2.24) is 9.21 Å². The lowest BCUT2D eigenvalue weighted by Crippen LogP contribution is -2.52. The average molecular weight is 403 g/mol. The molecule has 1 unspecified atom stereocenters. The second-order valence-corrected chi connectivity index (χ2v) is 9.55. The molecule has 0 saturated carbocycles. The third-order valence-corrected chi connectivity index (χ3v) is 7.48. The zero-order chi connectivity index (χ0) is 19.8. The van der Waals surface area contributed by atoms with Crippen LogP contribution in [0, 0.1) is 0 Å². The number of morpholine rings is 1. The molecule has 150 valence electrons. The van der Waals surface area contributed by atoms with E-state index >= 15 is 0 Å². The molecule has 0 radical (unpaired) electrons. The summed E-state index contributed by atoms with van der Waals surface area (Å²) in [7, 11) is 0.151. The second kappa shape index (κ2) is 7.48. The lowest BCUT2D eigenvalue weighted by molar-refractivity contribution is -0.0922. The van der Waals surface area contributed by atoms with Crippen molar-refractivity contribution in [2.24, 2.45) is 0 Å². The van der Waals surface area contributed by atoms with E-state index in [1.54, 1.807) is 23.5 Å². The van der Waals surface area contributed by atoms with E-state index in [-0.39, 0.29) is 5.60 Å². The van der Waals surface area contributed by atoms with Crippen molar-refractivity contribution in [2.45, 2.75) is 16.9 Å². The minimum atomic E-state index is -3.53. The van der Waals surface area contributed by atoms with Gasteiger partial charge in [0.15, 0.2) is 0 Å². The van der Waals surface area contributed by atoms with Crippen LogP contribution in [0.25, 0.3) is 11.1 Å². The highest BCUT2D eigenvalue weighted by molar-refractivity contribution is 7.89. The molecule has 2 heterocycles. The molecule has 6 nitrogen and oxygen atoms in total. The number of ether oxygens (including phenoxy) is 2. The summed E-state index contributed by atoms with van der Waals surface area (Å²) in [4.78, 5) is 2.53. The number of hydrogen-bond acceptors (Lipinski definition) is 5. The molecule has 0 bridgehead atoms. The number of hydrogen-bond donors (Lipinski definition) is 0. The number of sulfonamides is 1. The highest BCUT2D eigenvalue weighted by atomic mass is 32.2. The molecule has 2 aromatic carbocycles. The molecule has 2 aliphatic heterocycles. The molecule has 4 rings (SSSR count). The van der Waals surface area contributed by atoms with Crippen molar-refractivity contribution >= 4 is 10.0 Å². The molecule has 0 amide bonds. The first-order chi connectivity index (χ1) is 13.4. The van der Waals surface area contributed by atoms with Gasteiger partial charge in [0, 0.05) is 26.2 Å². The fourth-order valence-electron chi connectivity index (χ4n) is 4.07. The summed E-state index contributed by atoms with van der Waals surface area (Å²) in [5.74, 6) is 0.772. The van der Waals surface area contributed by atoms with Gasteiger partial charge >= 0.3 is 0 Å². The van der Waals surface area contributed by atoms with Crippen molar-refractivity contribution in [2.75, 3.05) is 46.9 Å². The van der Waals surface area contributed by atoms with Crippen molar-refractivity contribution in [3.05, 3.63) is 48.5 Å². The molecule has 2 aromatic rings. The summed E-state index contributed by atoms with van der Waals surface area (Å²) in [6.07, 6.45) is 0.735. The molecule has 0 aromatic heterocycles. The van der Waals surface area contributed by atoms with Gasteiger partial charge in [0.25, 0.3) is 0 Å². The van der Waals surface area contributed by atoms with E-state index in [1.165, 1.54) is 0 Å². The SMILES string of the molecule is COc1cccc(-c2ccc(S(=O)(=O)N3CCC4(CN(C)CCO4)C3)cc2)c1. The summed E-state index contributed by atoms with van der Waals surface area (Å²) in [6, 6.07) is 14.8. The van der Waals surface area contributed by atoms with Crippen molar-refractivity contribution in [3.8, 4) is 16.9 Å². The zero-order valence-corrected chi connectivity index (χ0v) is 17.1. The fraction of sp³-hybridized carbons (Fsp3) is 0.429. The summed E-state index contributed by atoms with van der Waals surface area (Å²) < 4.78 is 39.1. The third kappa shape index (κ3) is 3.67. The quantitative estimate of drug-likeness (QED) is 0.786. The third-order valence-electron chi connectivity index (χ3n) is 5.62. The first kappa shape index (κ1) is 19.4.